The number of pyridine rings is 1. The maximum Gasteiger partial charge on any atom is 0.268 e. The summed E-state index contributed by atoms with van der Waals surface area (Å²) >= 11 is 1.34. The molecule has 28 heavy (non-hydrogen) atoms. The van der Waals surface area contributed by atoms with E-state index < -0.39 is 0 Å². The van der Waals surface area contributed by atoms with E-state index in [9.17, 15) is 9.59 Å². The van der Waals surface area contributed by atoms with E-state index >= 15 is 0 Å². The Balaban J connectivity index is 1.74. The second-order valence-corrected chi connectivity index (χ2v) is 7.63. The zero-order chi connectivity index (χ0) is 19.5. The van der Waals surface area contributed by atoms with Crippen LogP contribution < -0.4 is 0 Å². The molecule has 0 bridgehead atoms. The average molecular weight is 386 g/mol. The first-order chi connectivity index (χ1) is 13.6. The molecule has 138 valence electrons. The Hall–Kier alpha value is -3.18. The molecule has 2 amide bonds. The summed E-state index contributed by atoms with van der Waals surface area (Å²) in [4.78, 5) is 33.2. The van der Waals surface area contributed by atoms with Crippen molar-refractivity contribution in [1.29, 1.82) is 0 Å². The van der Waals surface area contributed by atoms with Crippen molar-refractivity contribution in [3.05, 3.63) is 101 Å². The van der Waals surface area contributed by atoms with E-state index in [1.165, 1.54) is 16.7 Å². The van der Waals surface area contributed by atoms with Gasteiger partial charge in [-0.05, 0) is 36.2 Å². The molecule has 5 heteroatoms. The van der Waals surface area contributed by atoms with Crippen LogP contribution in [-0.4, -0.2) is 21.7 Å². The summed E-state index contributed by atoms with van der Waals surface area (Å²) in [6.07, 6.45) is 3.35. The van der Waals surface area contributed by atoms with Crippen molar-refractivity contribution in [3.8, 4) is 0 Å². The van der Waals surface area contributed by atoms with Gasteiger partial charge in [0.1, 0.15) is 0 Å². The van der Waals surface area contributed by atoms with Crippen LogP contribution in [0.25, 0.3) is 5.57 Å². The molecule has 2 heterocycles. The quantitative estimate of drug-likeness (QED) is 0.608. The Morgan fingerprint density at radius 2 is 1.64 bits per heavy atom. The molecule has 0 fully saturated rings. The summed E-state index contributed by atoms with van der Waals surface area (Å²) in [6.45, 7) is 2.20. The Bertz CT molecular complexity index is 1040. The molecule has 1 aromatic heterocycles. The van der Waals surface area contributed by atoms with Crippen molar-refractivity contribution < 1.29 is 9.59 Å². The highest BCUT2D eigenvalue weighted by Crippen LogP contribution is 2.40. The lowest BCUT2D eigenvalue weighted by molar-refractivity contribution is -0.137. The number of imide groups is 1. The predicted octanol–water partition coefficient (Wildman–Crippen LogP) is 4.46. The second-order valence-electron chi connectivity index (χ2n) is 6.54. The first-order valence-electron chi connectivity index (χ1n) is 8.93. The van der Waals surface area contributed by atoms with Crippen LogP contribution in [0.15, 0.2) is 88.9 Å². The Morgan fingerprint density at radius 3 is 2.32 bits per heavy atom. The Labute approximate surface area is 167 Å². The maximum atomic E-state index is 13.2. The summed E-state index contributed by atoms with van der Waals surface area (Å²) < 4.78 is 0. The van der Waals surface area contributed by atoms with Gasteiger partial charge in [0.25, 0.3) is 11.8 Å². The highest BCUT2D eigenvalue weighted by Gasteiger charge is 2.39. The fourth-order valence-corrected chi connectivity index (χ4v) is 4.08. The standard InChI is InChI=1S/C23H18N2O2S/c1-16-9-11-18(12-10-16)20-21(28-19-7-3-2-4-8-19)23(27)25(22(20)26)15-17-6-5-13-24-14-17/h2-14H,15H2,1H3. The summed E-state index contributed by atoms with van der Waals surface area (Å²) in [5.41, 5.74) is 3.14. The Morgan fingerprint density at radius 1 is 0.893 bits per heavy atom. The lowest BCUT2D eigenvalue weighted by Gasteiger charge is -2.15. The monoisotopic (exact) mass is 386 g/mol. The van der Waals surface area contributed by atoms with Gasteiger partial charge in [0.05, 0.1) is 17.0 Å². The largest absolute Gasteiger partial charge is 0.269 e. The highest BCUT2D eigenvalue weighted by molar-refractivity contribution is 8.04. The normalized spacial score (nSPS) is 14.1. The SMILES string of the molecule is Cc1ccc(C2=C(Sc3ccccc3)C(=O)N(Cc3cccnc3)C2=O)cc1. The number of benzene rings is 2. The number of carbonyl (C=O) groups is 2. The summed E-state index contributed by atoms with van der Waals surface area (Å²) in [7, 11) is 0. The van der Waals surface area contributed by atoms with E-state index in [-0.39, 0.29) is 18.4 Å². The molecule has 0 spiro atoms. The second kappa shape index (κ2) is 7.82. The van der Waals surface area contributed by atoms with Crippen LogP contribution in [0.4, 0.5) is 0 Å². The fourth-order valence-electron chi connectivity index (χ4n) is 3.05. The first-order valence-corrected chi connectivity index (χ1v) is 9.74. The third kappa shape index (κ3) is 3.62. The van der Waals surface area contributed by atoms with E-state index in [4.69, 9.17) is 0 Å². The van der Waals surface area contributed by atoms with Crippen molar-refractivity contribution >= 4 is 29.1 Å². The van der Waals surface area contributed by atoms with Gasteiger partial charge in [-0.2, -0.15) is 0 Å². The molecular weight excluding hydrogens is 368 g/mol. The zero-order valence-electron chi connectivity index (χ0n) is 15.3. The van der Waals surface area contributed by atoms with E-state index in [0.717, 1.165) is 21.6 Å². The maximum absolute atomic E-state index is 13.2. The molecule has 0 aliphatic carbocycles. The van der Waals surface area contributed by atoms with Gasteiger partial charge in [-0.15, -0.1) is 0 Å². The van der Waals surface area contributed by atoms with Crippen LogP contribution in [0, 0.1) is 6.92 Å². The average Bonchev–Trinajstić information content (AvgIpc) is 2.95. The smallest absolute Gasteiger partial charge is 0.268 e. The molecular formula is C23H18N2O2S. The number of thioether (sulfide) groups is 1. The molecule has 0 N–H and O–H groups in total. The van der Waals surface area contributed by atoms with Crippen LogP contribution in [0.5, 0.6) is 0 Å². The van der Waals surface area contributed by atoms with Crippen molar-refractivity contribution in [2.24, 2.45) is 0 Å². The van der Waals surface area contributed by atoms with Crippen LogP contribution in [0.1, 0.15) is 16.7 Å². The number of hydrogen-bond acceptors (Lipinski definition) is 4. The van der Waals surface area contributed by atoms with E-state index in [1.54, 1.807) is 18.5 Å². The highest BCUT2D eigenvalue weighted by atomic mass is 32.2. The number of aromatic nitrogens is 1. The minimum absolute atomic E-state index is 0.208. The number of aryl methyl sites for hydroxylation is 1. The molecule has 0 atom stereocenters. The van der Waals surface area contributed by atoms with Gasteiger partial charge in [-0.1, -0.05) is 65.9 Å². The third-order valence-corrected chi connectivity index (χ3v) is 5.58. The molecule has 2 aromatic carbocycles. The van der Waals surface area contributed by atoms with Crippen molar-refractivity contribution in [2.75, 3.05) is 0 Å². The summed E-state index contributed by atoms with van der Waals surface area (Å²) in [6, 6.07) is 21.0. The molecule has 0 unspecified atom stereocenters. The summed E-state index contributed by atoms with van der Waals surface area (Å²) in [5, 5.41) is 0. The van der Waals surface area contributed by atoms with E-state index in [2.05, 4.69) is 4.98 Å². The fraction of sp³-hybridized carbons (Fsp3) is 0.0870. The lowest BCUT2D eigenvalue weighted by atomic mass is 10.0. The molecule has 1 aliphatic rings. The number of amides is 2. The van der Waals surface area contributed by atoms with Gasteiger partial charge in [0, 0.05) is 17.3 Å². The van der Waals surface area contributed by atoms with Gasteiger partial charge in [-0.3, -0.25) is 19.5 Å². The van der Waals surface area contributed by atoms with E-state index in [1.807, 2.05) is 67.6 Å². The van der Waals surface area contributed by atoms with Crippen LogP contribution in [-0.2, 0) is 16.1 Å². The zero-order valence-corrected chi connectivity index (χ0v) is 16.1. The lowest BCUT2D eigenvalue weighted by Crippen LogP contribution is -2.30. The molecule has 4 nitrogen and oxygen atoms in total. The summed E-state index contributed by atoms with van der Waals surface area (Å²) in [5.74, 6) is -0.533. The van der Waals surface area contributed by atoms with Crippen LogP contribution in [0.2, 0.25) is 0 Å². The first kappa shape index (κ1) is 18.2. The van der Waals surface area contributed by atoms with Gasteiger partial charge < -0.3 is 0 Å². The number of nitrogens with zero attached hydrogens (tertiary/aromatic N) is 2. The number of carbonyl (C=O) groups excluding carboxylic acids is 2. The molecule has 0 saturated carbocycles. The van der Waals surface area contributed by atoms with Gasteiger partial charge >= 0.3 is 0 Å². The van der Waals surface area contributed by atoms with Crippen molar-refractivity contribution in [2.45, 2.75) is 18.4 Å². The van der Waals surface area contributed by atoms with Gasteiger partial charge in [0.15, 0.2) is 0 Å². The predicted molar refractivity (Wildman–Crippen MR) is 110 cm³/mol. The van der Waals surface area contributed by atoms with Crippen LogP contribution >= 0.6 is 11.8 Å². The molecule has 1 aliphatic heterocycles. The number of rotatable bonds is 5. The molecule has 3 aromatic rings. The number of hydrogen-bond donors (Lipinski definition) is 0. The minimum atomic E-state index is -0.267. The van der Waals surface area contributed by atoms with E-state index in [0.29, 0.717) is 10.5 Å². The Kier molecular flexibility index (Phi) is 5.08. The third-order valence-electron chi connectivity index (χ3n) is 4.49. The minimum Gasteiger partial charge on any atom is -0.269 e. The van der Waals surface area contributed by atoms with Crippen molar-refractivity contribution in [3.63, 3.8) is 0 Å². The van der Waals surface area contributed by atoms with Gasteiger partial charge in [0.2, 0.25) is 0 Å². The molecule has 0 saturated heterocycles. The molecule has 4 rings (SSSR count). The van der Waals surface area contributed by atoms with Crippen LogP contribution in [0.3, 0.4) is 0 Å². The molecule has 0 radical (unpaired) electrons. The topological polar surface area (TPSA) is 50.3 Å². The van der Waals surface area contributed by atoms with Gasteiger partial charge in [-0.25, -0.2) is 0 Å². The van der Waals surface area contributed by atoms with Crippen molar-refractivity contribution in [1.82, 2.24) is 9.88 Å².